The minimum atomic E-state index is -0.185. The minimum absolute atomic E-state index is 0.185. The maximum absolute atomic E-state index is 12.0. The fourth-order valence-electron chi connectivity index (χ4n) is 2.66. The molecule has 0 unspecified atom stereocenters. The molecular weight excluding hydrogens is 210 g/mol. The second-order valence-corrected chi connectivity index (χ2v) is 5.60. The van der Waals surface area contributed by atoms with E-state index in [0.717, 1.165) is 18.4 Å². The minimum Gasteiger partial charge on any atom is -0.325 e. The monoisotopic (exact) mass is 231 g/mol. The average Bonchev–Trinajstić information content (AvgIpc) is 2.12. The first kappa shape index (κ1) is 12.3. The van der Waals surface area contributed by atoms with Crippen LogP contribution < -0.4 is 5.73 Å². The highest BCUT2D eigenvalue weighted by atomic mass is 16.1. The molecule has 2 nitrogen and oxygen atoms in total. The summed E-state index contributed by atoms with van der Waals surface area (Å²) in [7, 11) is 0. The van der Waals surface area contributed by atoms with Gasteiger partial charge in [-0.2, -0.15) is 0 Å². The third-order valence-corrected chi connectivity index (χ3v) is 3.58. The summed E-state index contributed by atoms with van der Waals surface area (Å²) in [4.78, 5) is 12.0. The van der Waals surface area contributed by atoms with Crippen molar-refractivity contribution in [2.45, 2.75) is 51.5 Å². The lowest BCUT2D eigenvalue weighted by Crippen LogP contribution is -2.48. The van der Waals surface area contributed by atoms with Crippen molar-refractivity contribution < 1.29 is 4.79 Å². The van der Waals surface area contributed by atoms with Gasteiger partial charge in [-0.1, -0.05) is 29.3 Å². The highest BCUT2D eigenvalue weighted by Gasteiger charge is 2.34. The number of nitrogens with two attached hydrogens (primary N) is 1. The molecule has 2 heteroatoms. The first-order chi connectivity index (χ1) is 7.97. The second-order valence-electron chi connectivity index (χ2n) is 5.60. The van der Waals surface area contributed by atoms with Gasteiger partial charge < -0.3 is 5.73 Å². The van der Waals surface area contributed by atoms with E-state index >= 15 is 0 Å². The molecule has 0 aliphatic heterocycles. The van der Waals surface area contributed by atoms with Gasteiger partial charge in [-0.05, 0) is 38.7 Å². The third-order valence-electron chi connectivity index (χ3n) is 3.58. The molecule has 1 aromatic rings. The number of rotatable bonds is 4. The molecule has 0 amide bonds. The Hall–Kier alpha value is -1.15. The van der Waals surface area contributed by atoms with Gasteiger partial charge in [-0.25, -0.2) is 0 Å². The Morgan fingerprint density at radius 1 is 1.24 bits per heavy atom. The molecule has 1 aliphatic carbocycles. The highest BCUT2D eigenvalue weighted by Crippen LogP contribution is 2.32. The quantitative estimate of drug-likeness (QED) is 0.865. The van der Waals surface area contributed by atoms with Crippen molar-refractivity contribution in [2.75, 3.05) is 0 Å². The Morgan fingerprint density at radius 3 is 2.29 bits per heavy atom. The predicted octanol–water partition coefficient (Wildman–Crippen LogP) is 2.69. The van der Waals surface area contributed by atoms with Crippen LogP contribution in [-0.4, -0.2) is 11.3 Å². The molecule has 0 saturated heterocycles. The van der Waals surface area contributed by atoms with Crippen molar-refractivity contribution in [3.8, 4) is 0 Å². The number of hydrogen-bond donors (Lipinski definition) is 1. The number of Topliss-reactive ketones (excluding diaryl/α,β-unsaturated/α-hetero) is 1. The lowest BCUT2D eigenvalue weighted by atomic mass is 9.74. The summed E-state index contributed by atoms with van der Waals surface area (Å²) in [5.74, 6) is 0.275. The van der Waals surface area contributed by atoms with E-state index in [0.29, 0.717) is 12.8 Å². The van der Waals surface area contributed by atoms with Crippen LogP contribution in [0.3, 0.4) is 0 Å². The van der Waals surface area contributed by atoms with E-state index in [-0.39, 0.29) is 11.3 Å². The van der Waals surface area contributed by atoms with E-state index in [1.165, 1.54) is 17.5 Å². The molecule has 2 rings (SSSR count). The van der Waals surface area contributed by atoms with Gasteiger partial charge >= 0.3 is 0 Å². The van der Waals surface area contributed by atoms with Crippen LogP contribution in [0.5, 0.6) is 0 Å². The number of carbonyl (C=O) groups excluding carboxylic acids is 1. The van der Waals surface area contributed by atoms with Crippen molar-refractivity contribution in [3.05, 3.63) is 34.9 Å². The topological polar surface area (TPSA) is 43.1 Å². The largest absolute Gasteiger partial charge is 0.325 e. The van der Waals surface area contributed by atoms with Crippen LogP contribution in [-0.2, 0) is 11.2 Å². The van der Waals surface area contributed by atoms with Gasteiger partial charge in [0.1, 0.15) is 5.78 Å². The fraction of sp³-hybridized carbons (Fsp3) is 0.533. The lowest BCUT2D eigenvalue weighted by molar-refractivity contribution is -0.120. The summed E-state index contributed by atoms with van der Waals surface area (Å²) in [6, 6.07) is 6.31. The SMILES string of the molecule is Cc1cc(C)cc(CC(=O)CC2(N)CCC2)c1. The normalized spacial score (nSPS) is 17.6. The molecule has 1 aromatic carbocycles. The maximum atomic E-state index is 12.0. The first-order valence-electron chi connectivity index (χ1n) is 6.35. The summed E-state index contributed by atoms with van der Waals surface area (Å²) >= 11 is 0. The fourth-order valence-corrected chi connectivity index (χ4v) is 2.66. The molecule has 0 atom stereocenters. The van der Waals surface area contributed by atoms with Crippen LogP contribution in [0, 0.1) is 13.8 Å². The molecular formula is C15H21NO. The molecule has 0 heterocycles. The smallest absolute Gasteiger partial charge is 0.139 e. The zero-order valence-electron chi connectivity index (χ0n) is 10.8. The Balaban J connectivity index is 1.98. The number of benzene rings is 1. The number of hydrogen-bond acceptors (Lipinski definition) is 2. The van der Waals surface area contributed by atoms with Crippen LogP contribution in [0.2, 0.25) is 0 Å². The summed E-state index contributed by atoms with van der Waals surface area (Å²) in [5.41, 5.74) is 9.47. The lowest BCUT2D eigenvalue weighted by Gasteiger charge is -2.37. The highest BCUT2D eigenvalue weighted by molar-refractivity contribution is 5.82. The molecule has 0 bridgehead atoms. The Bertz CT molecular complexity index is 412. The molecule has 0 aromatic heterocycles. The van der Waals surface area contributed by atoms with E-state index in [1.54, 1.807) is 0 Å². The standard InChI is InChI=1S/C15H21NO/c1-11-6-12(2)8-13(7-11)9-14(17)10-15(16)4-3-5-15/h6-8H,3-5,9-10,16H2,1-2H3. The van der Waals surface area contributed by atoms with Gasteiger partial charge in [0, 0.05) is 18.4 Å². The molecule has 1 fully saturated rings. The van der Waals surface area contributed by atoms with Gasteiger partial charge in [0.15, 0.2) is 0 Å². The predicted molar refractivity (Wildman–Crippen MR) is 70.0 cm³/mol. The van der Waals surface area contributed by atoms with Gasteiger partial charge in [0.05, 0.1) is 0 Å². The zero-order valence-corrected chi connectivity index (χ0v) is 10.8. The summed E-state index contributed by atoms with van der Waals surface area (Å²) < 4.78 is 0. The van der Waals surface area contributed by atoms with Gasteiger partial charge in [0.2, 0.25) is 0 Å². The first-order valence-corrected chi connectivity index (χ1v) is 6.35. The van der Waals surface area contributed by atoms with Crippen LogP contribution in [0.4, 0.5) is 0 Å². The Labute approximate surface area is 103 Å². The number of ketones is 1. The molecule has 2 N–H and O–H groups in total. The Morgan fingerprint density at radius 2 is 1.82 bits per heavy atom. The van der Waals surface area contributed by atoms with Crippen LogP contribution in [0.25, 0.3) is 0 Å². The van der Waals surface area contributed by atoms with Gasteiger partial charge in [0.25, 0.3) is 0 Å². The number of aryl methyl sites for hydroxylation is 2. The second kappa shape index (κ2) is 4.61. The van der Waals surface area contributed by atoms with Crippen molar-refractivity contribution in [1.29, 1.82) is 0 Å². The Kier molecular flexibility index (Phi) is 3.34. The van der Waals surface area contributed by atoms with Crippen LogP contribution in [0.15, 0.2) is 18.2 Å². The average molecular weight is 231 g/mol. The van der Waals surface area contributed by atoms with Crippen molar-refractivity contribution in [1.82, 2.24) is 0 Å². The zero-order chi connectivity index (χ0) is 12.5. The molecule has 0 spiro atoms. The summed E-state index contributed by atoms with van der Waals surface area (Å²) in [5, 5.41) is 0. The van der Waals surface area contributed by atoms with Gasteiger partial charge in [-0.3, -0.25) is 4.79 Å². The van der Waals surface area contributed by atoms with Crippen LogP contribution in [0.1, 0.15) is 42.4 Å². The number of carbonyl (C=O) groups is 1. The molecule has 1 aliphatic rings. The molecule has 92 valence electrons. The summed E-state index contributed by atoms with van der Waals surface area (Å²) in [6.07, 6.45) is 4.26. The molecule has 0 radical (unpaired) electrons. The maximum Gasteiger partial charge on any atom is 0.139 e. The van der Waals surface area contributed by atoms with E-state index in [1.807, 2.05) is 0 Å². The van der Waals surface area contributed by atoms with Crippen molar-refractivity contribution in [3.63, 3.8) is 0 Å². The van der Waals surface area contributed by atoms with Crippen molar-refractivity contribution >= 4 is 5.78 Å². The van der Waals surface area contributed by atoms with E-state index < -0.39 is 0 Å². The molecule has 17 heavy (non-hydrogen) atoms. The summed E-state index contributed by atoms with van der Waals surface area (Å²) in [6.45, 7) is 4.13. The van der Waals surface area contributed by atoms with E-state index in [4.69, 9.17) is 5.73 Å². The van der Waals surface area contributed by atoms with Crippen LogP contribution >= 0.6 is 0 Å². The van der Waals surface area contributed by atoms with E-state index in [2.05, 4.69) is 32.0 Å². The van der Waals surface area contributed by atoms with Gasteiger partial charge in [-0.15, -0.1) is 0 Å². The van der Waals surface area contributed by atoms with E-state index in [9.17, 15) is 4.79 Å². The molecule has 1 saturated carbocycles. The van der Waals surface area contributed by atoms with Crippen molar-refractivity contribution in [2.24, 2.45) is 5.73 Å². The third kappa shape index (κ3) is 3.16.